The van der Waals surface area contributed by atoms with Crippen molar-refractivity contribution in [1.29, 1.82) is 0 Å². The maximum atomic E-state index is 13.6. The number of hydrogen-bond acceptors (Lipinski definition) is 3. The minimum Gasteiger partial charge on any atom is -0.504 e. The molecule has 0 spiro atoms. The number of nitrogens with one attached hydrogen (secondary N) is 1. The van der Waals surface area contributed by atoms with Crippen LogP contribution in [0.25, 0.3) is 22.4 Å². The van der Waals surface area contributed by atoms with Gasteiger partial charge >= 0.3 is 0 Å². The first-order valence-electron chi connectivity index (χ1n) is 5.81. The SMILES string of the molecule is COc1ccc(-c2nc3c(F)c(F)ccc3[nH]2)cc1O. The number of methoxy groups -OCH3 is 1. The van der Waals surface area contributed by atoms with E-state index in [1.54, 1.807) is 12.1 Å². The highest BCUT2D eigenvalue weighted by atomic mass is 19.2. The molecule has 0 aliphatic rings. The molecule has 20 heavy (non-hydrogen) atoms. The lowest BCUT2D eigenvalue weighted by atomic mass is 10.2. The van der Waals surface area contributed by atoms with E-state index in [2.05, 4.69) is 9.97 Å². The number of aromatic hydroxyl groups is 1. The second kappa shape index (κ2) is 4.48. The topological polar surface area (TPSA) is 58.1 Å². The predicted molar refractivity (Wildman–Crippen MR) is 69.7 cm³/mol. The lowest BCUT2D eigenvalue weighted by Gasteiger charge is -2.04. The van der Waals surface area contributed by atoms with Gasteiger partial charge in [0.15, 0.2) is 23.1 Å². The average Bonchev–Trinajstić information content (AvgIpc) is 2.88. The van der Waals surface area contributed by atoms with Crippen LogP contribution in [0.1, 0.15) is 0 Å². The summed E-state index contributed by atoms with van der Waals surface area (Å²) in [5, 5.41) is 9.73. The van der Waals surface area contributed by atoms with Gasteiger partial charge in [-0.3, -0.25) is 0 Å². The van der Waals surface area contributed by atoms with E-state index in [1.165, 1.54) is 19.2 Å². The number of rotatable bonds is 2. The fraction of sp³-hybridized carbons (Fsp3) is 0.0714. The van der Waals surface area contributed by atoms with Crippen molar-refractivity contribution in [2.24, 2.45) is 0 Å². The molecule has 0 saturated carbocycles. The maximum Gasteiger partial charge on any atom is 0.186 e. The number of imidazole rings is 1. The number of phenolic OH excluding ortho intramolecular Hbond substituents is 1. The third-order valence-corrected chi connectivity index (χ3v) is 3.00. The first-order valence-corrected chi connectivity index (χ1v) is 5.81. The Kier molecular flexibility index (Phi) is 2.78. The molecule has 4 nitrogen and oxygen atoms in total. The van der Waals surface area contributed by atoms with Crippen molar-refractivity contribution >= 4 is 11.0 Å². The Morgan fingerprint density at radius 1 is 1.20 bits per heavy atom. The standard InChI is InChI=1S/C14H10F2N2O2/c1-20-11-5-2-7(6-10(11)19)14-17-9-4-3-8(15)12(16)13(9)18-14/h2-6,19H,1H3,(H,17,18). The highest BCUT2D eigenvalue weighted by molar-refractivity contribution is 5.80. The smallest absolute Gasteiger partial charge is 0.186 e. The molecule has 3 rings (SSSR count). The second-order valence-electron chi connectivity index (χ2n) is 4.23. The lowest BCUT2D eigenvalue weighted by Crippen LogP contribution is -1.86. The fourth-order valence-corrected chi connectivity index (χ4v) is 1.99. The monoisotopic (exact) mass is 276 g/mol. The van der Waals surface area contributed by atoms with Gasteiger partial charge in [-0.2, -0.15) is 0 Å². The molecule has 102 valence electrons. The summed E-state index contributed by atoms with van der Waals surface area (Å²) in [6.07, 6.45) is 0. The first kappa shape index (κ1) is 12.4. The number of benzene rings is 2. The molecule has 0 aliphatic carbocycles. The van der Waals surface area contributed by atoms with Gasteiger partial charge in [0.05, 0.1) is 12.6 Å². The van der Waals surface area contributed by atoms with Crippen molar-refractivity contribution in [2.45, 2.75) is 0 Å². The van der Waals surface area contributed by atoms with Crippen LogP contribution in [-0.4, -0.2) is 22.2 Å². The van der Waals surface area contributed by atoms with E-state index in [0.29, 0.717) is 22.7 Å². The normalized spacial score (nSPS) is 10.9. The molecule has 1 heterocycles. The molecule has 0 saturated heterocycles. The summed E-state index contributed by atoms with van der Waals surface area (Å²) in [5.41, 5.74) is 0.851. The van der Waals surface area contributed by atoms with Crippen LogP contribution in [-0.2, 0) is 0 Å². The highest BCUT2D eigenvalue weighted by Crippen LogP contribution is 2.31. The van der Waals surface area contributed by atoms with Crippen LogP contribution in [0.4, 0.5) is 8.78 Å². The number of aromatic amines is 1. The van der Waals surface area contributed by atoms with E-state index in [4.69, 9.17) is 4.74 Å². The zero-order valence-corrected chi connectivity index (χ0v) is 10.4. The molecule has 0 aliphatic heterocycles. The molecule has 1 aromatic heterocycles. The van der Waals surface area contributed by atoms with Crippen molar-refractivity contribution in [3.63, 3.8) is 0 Å². The number of halogens is 2. The quantitative estimate of drug-likeness (QED) is 0.755. The highest BCUT2D eigenvalue weighted by Gasteiger charge is 2.13. The number of H-pyrrole nitrogens is 1. The number of nitrogens with zero attached hydrogens (tertiary/aromatic N) is 1. The molecule has 0 radical (unpaired) electrons. The minimum absolute atomic E-state index is 0.0582. The summed E-state index contributed by atoms with van der Waals surface area (Å²) in [7, 11) is 1.44. The van der Waals surface area contributed by atoms with E-state index in [1.807, 2.05) is 0 Å². The Morgan fingerprint density at radius 3 is 2.70 bits per heavy atom. The molecule has 6 heteroatoms. The summed E-state index contributed by atoms with van der Waals surface area (Å²) in [6.45, 7) is 0. The van der Waals surface area contributed by atoms with Crippen molar-refractivity contribution in [3.05, 3.63) is 42.0 Å². The Morgan fingerprint density at radius 2 is 2.00 bits per heavy atom. The molecule has 0 unspecified atom stereocenters. The minimum atomic E-state index is -0.997. The maximum absolute atomic E-state index is 13.6. The molecule has 0 bridgehead atoms. The van der Waals surface area contributed by atoms with Crippen LogP contribution in [0.2, 0.25) is 0 Å². The fourth-order valence-electron chi connectivity index (χ4n) is 1.99. The zero-order valence-electron chi connectivity index (χ0n) is 10.4. The Balaban J connectivity index is 2.15. The van der Waals surface area contributed by atoms with E-state index >= 15 is 0 Å². The molecule has 2 N–H and O–H groups in total. The van der Waals surface area contributed by atoms with Crippen molar-refractivity contribution in [3.8, 4) is 22.9 Å². The van der Waals surface area contributed by atoms with Crippen LogP contribution in [0, 0.1) is 11.6 Å². The van der Waals surface area contributed by atoms with Gasteiger partial charge in [0.25, 0.3) is 0 Å². The summed E-state index contributed by atoms with van der Waals surface area (Å²) < 4.78 is 31.7. The zero-order chi connectivity index (χ0) is 14.3. The largest absolute Gasteiger partial charge is 0.504 e. The average molecular weight is 276 g/mol. The molecule has 3 aromatic rings. The van der Waals surface area contributed by atoms with Crippen LogP contribution in [0.3, 0.4) is 0 Å². The van der Waals surface area contributed by atoms with Crippen LogP contribution in [0.5, 0.6) is 11.5 Å². The third-order valence-electron chi connectivity index (χ3n) is 3.00. The van der Waals surface area contributed by atoms with E-state index in [0.717, 1.165) is 6.07 Å². The van der Waals surface area contributed by atoms with E-state index < -0.39 is 11.6 Å². The Bertz CT molecular complexity index is 799. The Labute approximate surface area is 112 Å². The summed E-state index contributed by atoms with van der Waals surface area (Å²) in [6, 6.07) is 7.10. The van der Waals surface area contributed by atoms with Gasteiger partial charge in [-0.1, -0.05) is 0 Å². The lowest BCUT2D eigenvalue weighted by molar-refractivity contribution is 0.373. The number of phenols is 1. The van der Waals surface area contributed by atoms with E-state index in [-0.39, 0.29) is 11.3 Å². The molecular formula is C14H10F2N2O2. The van der Waals surface area contributed by atoms with Crippen molar-refractivity contribution in [1.82, 2.24) is 9.97 Å². The summed E-state index contributed by atoms with van der Waals surface area (Å²) in [4.78, 5) is 6.89. The van der Waals surface area contributed by atoms with Gasteiger partial charge < -0.3 is 14.8 Å². The van der Waals surface area contributed by atoms with Crippen LogP contribution >= 0.6 is 0 Å². The predicted octanol–water partition coefficient (Wildman–Crippen LogP) is 3.22. The van der Waals surface area contributed by atoms with Gasteiger partial charge in [0.1, 0.15) is 11.3 Å². The molecule has 0 amide bonds. The number of ether oxygens (including phenoxy) is 1. The van der Waals surface area contributed by atoms with Gasteiger partial charge in [0.2, 0.25) is 0 Å². The van der Waals surface area contributed by atoms with E-state index in [9.17, 15) is 13.9 Å². The van der Waals surface area contributed by atoms with Gasteiger partial charge in [-0.15, -0.1) is 0 Å². The summed E-state index contributed by atoms with van der Waals surface area (Å²) >= 11 is 0. The van der Waals surface area contributed by atoms with Crippen molar-refractivity contribution < 1.29 is 18.6 Å². The van der Waals surface area contributed by atoms with Crippen molar-refractivity contribution in [2.75, 3.05) is 7.11 Å². The molecule has 2 aromatic carbocycles. The number of fused-ring (bicyclic) bond motifs is 1. The van der Waals surface area contributed by atoms with Gasteiger partial charge in [0, 0.05) is 5.56 Å². The third kappa shape index (κ3) is 1.85. The number of aromatic nitrogens is 2. The summed E-state index contributed by atoms with van der Waals surface area (Å²) in [5.74, 6) is -1.35. The Hall–Kier alpha value is -2.63. The van der Waals surface area contributed by atoms with Gasteiger partial charge in [-0.25, -0.2) is 13.8 Å². The molecular weight excluding hydrogens is 266 g/mol. The number of hydrogen-bond donors (Lipinski definition) is 2. The second-order valence-corrected chi connectivity index (χ2v) is 4.23. The van der Waals surface area contributed by atoms with Gasteiger partial charge in [-0.05, 0) is 30.3 Å². The molecule has 0 fully saturated rings. The first-order chi connectivity index (χ1) is 9.60. The van der Waals surface area contributed by atoms with Crippen LogP contribution < -0.4 is 4.74 Å². The van der Waals surface area contributed by atoms with Crippen LogP contribution in [0.15, 0.2) is 30.3 Å². The molecule has 0 atom stereocenters.